The van der Waals surface area contributed by atoms with Gasteiger partial charge in [0.05, 0.1) is 0 Å². The van der Waals surface area contributed by atoms with Crippen LogP contribution in [0.5, 0.6) is 0 Å². The van der Waals surface area contributed by atoms with Gasteiger partial charge in [0.25, 0.3) is 0 Å². The molecule has 0 radical (unpaired) electrons. The maximum Gasteiger partial charge on any atom is 0.122 e. The van der Waals surface area contributed by atoms with E-state index in [0.717, 1.165) is 0 Å². The maximum atomic E-state index is 9.50. The Morgan fingerprint density at radius 3 is 0.909 bits per heavy atom. The average molecular weight is 312 g/mol. The van der Waals surface area contributed by atoms with Crippen LogP contribution in [0.2, 0.25) is 0 Å². The third-order valence-electron chi connectivity index (χ3n) is 2.65. The lowest BCUT2D eigenvalue weighted by Crippen LogP contribution is -2.24. The van der Waals surface area contributed by atoms with Crippen LogP contribution in [0, 0.1) is 23.7 Å². The summed E-state index contributed by atoms with van der Waals surface area (Å²) in [6.45, 7) is 13.3. The van der Waals surface area contributed by atoms with E-state index in [9.17, 15) is 10.2 Å². The van der Waals surface area contributed by atoms with Crippen LogP contribution in [0.1, 0.15) is 68.2 Å². The van der Waals surface area contributed by atoms with Crippen molar-refractivity contribution in [3.8, 4) is 23.7 Å². The van der Waals surface area contributed by atoms with Gasteiger partial charge in [-0.2, -0.15) is 0 Å². The van der Waals surface area contributed by atoms with E-state index in [1.54, 1.807) is 41.5 Å². The third-order valence-corrected chi connectivity index (χ3v) is 2.65. The lowest BCUT2D eigenvalue weighted by atomic mass is 10.00. The van der Waals surface area contributed by atoms with Gasteiger partial charge in [-0.3, -0.25) is 0 Å². The van der Waals surface area contributed by atoms with Crippen LogP contribution in [0.15, 0.2) is 0 Å². The second-order valence-electron chi connectivity index (χ2n) is 6.87. The second-order valence-corrected chi connectivity index (χ2v) is 6.87. The summed E-state index contributed by atoms with van der Waals surface area (Å²) in [6.07, 6.45) is 1.14. The SMILES string of the molecule is CC(C)(O)C#CC(C)(C)O.CCC(C)(O)C#CC(C)(O)CC. The highest BCUT2D eigenvalue weighted by molar-refractivity contribution is 5.18. The monoisotopic (exact) mass is 312 g/mol. The van der Waals surface area contributed by atoms with E-state index in [4.69, 9.17) is 10.2 Å². The molecular formula is C18H32O4. The topological polar surface area (TPSA) is 80.9 Å². The quantitative estimate of drug-likeness (QED) is 0.587. The minimum atomic E-state index is -1.01. The molecule has 0 saturated heterocycles. The van der Waals surface area contributed by atoms with E-state index in [2.05, 4.69) is 23.7 Å². The van der Waals surface area contributed by atoms with Crippen LogP contribution in [-0.4, -0.2) is 42.8 Å². The first kappa shape index (κ1) is 23.2. The van der Waals surface area contributed by atoms with Gasteiger partial charge < -0.3 is 20.4 Å². The first-order chi connectivity index (χ1) is 9.54. The molecule has 0 aromatic carbocycles. The van der Waals surface area contributed by atoms with Gasteiger partial charge in [0.1, 0.15) is 22.4 Å². The summed E-state index contributed by atoms with van der Waals surface area (Å²) in [6, 6.07) is 0. The van der Waals surface area contributed by atoms with Crippen molar-refractivity contribution in [2.24, 2.45) is 0 Å². The Hall–Kier alpha value is -1.04. The molecule has 4 nitrogen and oxygen atoms in total. The van der Waals surface area contributed by atoms with Crippen molar-refractivity contribution in [1.82, 2.24) is 0 Å². The van der Waals surface area contributed by atoms with Gasteiger partial charge in [0.2, 0.25) is 0 Å². The van der Waals surface area contributed by atoms with Crippen molar-refractivity contribution in [1.29, 1.82) is 0 Å². The maximum absolute atomic E-state index is 9.50. The zero-order valence-corrected chi connectivity index (χ0v) is 15.2. The minimum absolute atomic E-state index is 0.569. The fourth-order valence-corrected chi connectivity index (χ4v) is 0.752. The van der Waals surface area contributed by atoms with E-state index in [0.29, 0.717) is 12.8 Å². The molecule has 0 aliphatic heterocycles. The molecule has 128 valence electrons. The smallest absolute Gasteiger partial charge is 0.122 e. The molecule has 0 aliphatic carbocycles. The van der Waals surface area contributed by atoms with Crippen molar-refractivity contribution in [2.45, 2.75) is 90.6 Å². The Morgan fingerprint density at radius 2 is 0.773 bits per heavy atom. The lowest BCUT2D eigenvalue weighted by Gasteiger charge is -2.16. The molecule has 0 aromatic rings. The Balaban J connectivity index is 0. The third kappa shape index (κ3) is 17.0. The average Bonchev–Trinajstić information content (AvgIpc) is 2.34. The number of hydrogen-bond acceptors (Lipinski definition) is 4. The van der Waals surface area contributed by atoms with Gasteiger partial charge in [-0.1, -0.05) is 37.5 Å². The minimum Gasteiger partial charge on any atom is -0.378 e. The first-order valence-electron chi connectivity index (χ1n) is 7.52. The van der Waals surface area contributed by atoms with Crippen molar-refractivity contribution >= 4 is 0 Å². The fourth-order valence-electron chi connectivity index (χ4n) is 0.752. The molecule has 0 fully saturated rings. The zero-order chi connectivity index (χ0) is 18.2. The number of aliphatic hydroxyl groups is 4. The van der Waals surface area contributed by atoms with Gasteiger partial charge in [0.15, 0.2) is 0 Å². The summed E-state index contributed by atoms with van der Waals surface area (Å²) >= 11 is 0. The predicted octanol–water partition coefficient (Wildman–Crippen LogP) is 1.84. The van der Waals surface area contributed by atoms with Crippen LogP contribution in [0.3, 0.4) is 0 Å². The summed E-state index contributed by atoms with van der Waals surface area (Å²) in [7, 11) is 0. The number of rotatable bonds is 2. The molecule has 4 heteroatoms. The molecule has 0 amide bonds. The van der Waals surface area contributed by atoms with Crippen LogP contribution in [0.4, 0.5) is 0 Å². The van der Waals surface area contributed by atoms with Crippen LogP contribution in [-0.2, 0) is 0 Å². The van der Waals surface area contributed by atoms with Gasteiger partial charge in [-0.05, 0) is 54.4 Å². The molecule has 2 atom stereocenters. The van der Waals surface area contributed by atoms with Crippen molar-refractivity contribution < 1.29 is 20.4 Å². The standard InChI is InChI=1S/C10H18O2.C8H14O2/c1-5-9(3,11)7-8-10(4,12)6-2;1-7(2,9)5-6-8(3,4)10/h11-12H,5-6H2,1-4H3;9-10H,1-4H3. The van der Waals surface area contributed by atoms with Gasteiger partial charge in [0, 0.05) is 0 Å². The summed E-state index contributed by atoms with van der Waals surface area (Å²) in [4.78, 5) is 0. The van der Waals surface area contributed by atoms with Crippen LogP contribution >= 0.6 is 0 Å². The Labute approximate surface area is 135 Å². The highest BCUT2D eigenvalue weighted by Gasteiger charge is 2.17. The predicted molar refractivity (Wildman–Crippen MR) is 90.0 cm³/mol. The van der Waals surface area contributed by atoms with Gasteiger partial charge in [-0.25, -0.2) is 0 Å². The van der Waals surface area contributed by atoms with Crippen molar-refractivity contribution in [3.05, 3.63) is 0 Å². The Morgan fingerprint density at radius 1 is 0.545 bits per heavy atom. The summed E-state index contributed by atoms with van der Waals surface area (Å²) in [5, 5.41) is 37.2. The summed E-state index contributed by atoms with van der Waals surface area (Å²) < 4.78 is 0. The molecule has 0 aliphatic rings. The van der Waals surface area contributed by atoms with Crippen LogP contribution in [0.25, 0.3) is 0 Å². The molecule has 2 unspecified atom stereocenters. The summed E-state index contributed by atoms with van der Waals surface area (Å²) in [5.41, 5.74) is -3.97. The second kappa shape index (κ2) is 8.56. The van der Waals surface area contributed by atoms with Gasteiger partial charge >= 0.3 is 0 Å². The largest absolute Gasteiger partial charge is 0.378 e. The summed E-state index contributed by atoms with van der Waals surface area (Å²) in [5.74, 6) is 10.3. The normalized spacial score (nSPS) is 16.5. The van der Waals surface area contributed by atoms with E-state index < -0.39 is 22.4 Å². The highest BCUT2D eigenvalue weighted by Crippen LogP contribution is 2.10. The zero-order valence-electron chi connectivity index (χ0n) is 15.2. The van der Waals surface area contributed by atoms with Crippen molar-refractivity contribution in [2.75, 3.05) is 0 Å². The lowest BCUT2D eigenvalue weighted by molar-refractivity contribution is 0.106. The molecular weight excluding hydrogens is 280 g/mol. The van der Waals surface area contributed by atoms with Gasteiger partial charge in [-0.15, -0.1) is 0 Å². The van der Waals surface area contributed by atoms with Crippen molar-refractivity contribution in [3.63, 3.8) is 0 Å². The van der Waals surface area contributed by atoms with E-state index in [1.165, 1.54) is 0 Å². The number of hydrogen-bond donors (Lipinski definition) is 4. The Kier molecular flexibility index (Phi) is 9.03. The molecule has 0 heterocycles. The molecule has 4 N–H and O–H groups in total. The van der Waals surface area contributed by atoms with E-state index in [1.807, 2.05) is 13.8 Å². The highest BCUT2D eigenvalue weighted by atomic mass is 16.3. The molecule has 0 saturated carbocycles. The molecule has 0 aromatic heterocycles. The molecule has 0 spiro atoms. The molecule has 0 bridgehead atoms. The fraction of sp³-hybridized carbons (Fsp3) is 0.778. The van der Waals surface area contributed by atoms with E-state index >= 15 is 0 Å². The molecule has 0 rings (SSSR count). The van der Waals surface area contributed by atoms with E-state index in [-0.39, 0.29) is 0 Å². The Bertz CT molecular complexity index is 402. The first-order valence-corrected chi connectivity index (χ1v) is 7.52. The van der Waals surface area contributed by atoms with Crippen LogP contribution < -0.4 is 0 Å². The molecule has 22 heavy (non-hydrogen) atoms.